The first-order valence-electron chi connectivity index (χ1n) is 8.60. The van der Waals surface area contributed by atoms with Crippen molar-refractivity contribution < 1.29 is 14.3 Å². The number of amides is 2. The van der Waals surface area contributed by atoms with Gasteiger partial charge in [0, 0.05) is 19.5 Å². The average Bonchev–Trinajstić information content (AvgIpc) is 2.91. The van der Waals surface area contributed by atoms with Crippen molar-refractivity contribution in [2.24, 2.45) is 5.92 Å². The van der Waals surface area contributed by atoms with Crippen molar-refractivity contribution in [1.29, 1.82) is 0 Å². The van der Waals surface area contributed by atoms with Crippen LogP contribution in [0, 0.1) is 5.92 Å². The van der Waals surface area contributed by atoms with E-state index < -0.39 is 11.7 Å². The number of nitrogens with one attached hydrogen (secondary N) is 2. The molecule has 1 aliphatic carbocycles. The highest BCUT2D eigenvalue weighted by atomic mass is 16.6. The van der Waals surface area contributed by atoms with Crippen molar-refractivity contribution in [3.63, 3.8) is 0 Å². The van der Waals surface area contributed by atoms with E-state index in [1.54, 1.807) is 0 Å². The van der Waals surface area contributed by atoms with E-state index in [4.69, 9.17) is 4.74 Å². The molecular weight excluding hydrogens is 280 g/mol. The second-order valence-corrected chi connectivity index (χ2v) is 7.17. The normalized spacial score (nSPS) is 15.6. The van der Waals surface area contributed by atoms with E-state index in [0.29, 0.717) is 19.4 Å². The van der Waals surface area contributed by atoms with Gasteiger partial charge in [0.25, 0.3) is 0 Å². The summed E-state index contributed by atoms with van der Waals surface area (Å²) in [6, 6.07) is 0. The second-order valence-electron chi connectivity index (χ2n) is 7.17. The van der Waals surface area contributed by atoms with Crippen LogP contribution in [0.5, 0.6) is 0 Å². The van der Waals surface area contributed by atoms with Crippen LogP contribution in [0.3, 0.4) is 0 Å². The Kier molecular flexibility index (Phi) is 8.28. The molecule has 0 radical (unpaired) electrons. The lowest BCUT2D eigenvalue weighted by Crippen LogP contribution is -2.33. The van der Waals surface area contributed by atoms with Gasteiger partial charge < -0.3 is 15.4 Å². The molecule has 0 atom stereocenters. The van der Waals surface area contributed by atoms with Crippen LogP contribution < -0.4 is 10.6 Å². The fourth-order valence-corrected chi connectivity index (χ4v) is 2.76. The van der Waals surface area contributed by atoms with Crippen LogP contribution in [0.4, 0.5) is 4.79 Å². The molecule has 0 aliphatic heterocycles. The van der Waals surface area contributed by atoms with E-state index in [1.165, 1.54) is 32.1 Å². The molecule has 0 aromatic rings. The highest BCUT2D eigenvalue weighted by Gasteiger charge is 2.16. The molecule has 128 valence electrons. The third kappa shape index (κ3) is 9.64. The summed E-state index contributed by atoms with van der Waals surface area (Å²) in [5, 5.41) is 5.61. The van der Waals surface area contributed by atoms with Gasteiger partial charge in [-0.15, -0.1) is 0 Å². The van der Waals surface area contributed by atoms with Crippen LogP contribution in [0.1, 0.15) is 72.1 Å². The van der Waals surface area contributed by atoms with Gasteiger partial charge in [-0.1, -0.05) is 25.7 Å². The van der Waals surface area contributed by atoms with Crippen LogP contribution in [-0.2, 0) is 9.53 Å². The fraction of sp³-hybridized carbons (Fsp3) is 0.882. The van der Waals surface area contributed by atoms with Gasteiger partial charge in [-0.3, -0.25) is 4.79 Å². The molecule has 5 nitrogen and oxygen atoms in total. The number of alkyl carbamates (subject to hydrolysis) is 1. The Hall–Kier alpha value is -1.26. The van der Waals surface area contributed by atoms with Gasteiger partial charge in [-0.25, -0.2) is 4.79 Å². The standard InChI is InChI=1S/C17H32N2O3/c1-17(2,3)22-16(21)19-13-7-11-15(20)18-12-6-10-14-8-4-5-9-14/h14H,4-13H2,1-3H3,(H,18,20)(H,19,21). The van der Waals surface area contributed by atoms with Gasteiger partial charge in [-0.2, -0.15) is 0 Å². The maximum Gasteiger partial charge on any atom is 0.407 e. The minimum atomic E-state index is -0.485. The summed E-state index contributed by atoms with van der Waals surface area (Å²) >= 11 is 0. The van der Waals surface area contributed by atoms with E-state index >= 15 is 0 Å². The predicted octanol–water partition coefficient (Wildman–Crippen LogP) is 3.38. The van der Waals surface area contributed by atoms with Gasteiger partial charge in [0.1, 0.15) is 5.60 Å². The van der Waals surface area contributed by atoms with Gasteiger partial charge in [0.2, 0.25) is 5.91 Å². The summed E-state index contributed by atoms with van der Waals surface area (Å²) in [7, 11) is 0. The van der Waals surface area contributed by atoms with Gasteiger partial charge >= 0.3 is 6.09 Å². The monoisotopic (exact) mass is 312 g/mol. The first kappa shape index (κ1) is 18.8. The lowest BCUT2D eigenvalue weighted by molar-refractivity contribution is -0.121. The van der Waals surface area contributed by atoms with Crippen molar-refractivity contribution in [3.05, 3.63) is 0 Å². The smallest absolute Gasteiger partial charge is 0.407 e. The SMILES string of the molecule is CC(C)(C)OC(=O)NCCCC(=O)NCCCC1CCCC1. The third-order valence-corrected chi connectivity index (χ3v) is 3.83. The molecule has 1 aliphatic rings. The summed E-state index contributed by atoms with van der Waals surface area (Å²) in [5.41, 5.74) is -0.485. The number of carbonyl (C=O) groups is 2. The first-order chi connectivity index (χ1) is 10.4. The molecule has 1 saturated carbocycles. The molecule has 2 amide bonds. The van der Waals surface area contributed by atoms with E-state index in [9.17, 15) is 9.59 Å². The molecule has 0 saturated heterocycles. The Balaban J connectivity index is 1.93. The molecule has 1 fully saturated rings. The summed E-state index contributed by atoms with van der Waals surface area (Å²) in [6.45, 7) is 6.71. The van der Waals surface area contributed by atoms with E-state index in [2.05, 4.69) is 10.6 Å². The lowest BCUT2D eigenvalue weighted by Gasteiger charge is -2.19. The molecule has 0 unspecified atom stereocenters. The second kappa shape index (κ2) is 9.70. The van der Waals surface area contributed by atoms with Crippen LogP contribution in [0.2, 0.25) is 0 Å². The van der Waals surface area contributed by atoms with E-state index in [1.807, 2.05) is 20.8 Å². The number of carbonyl (C=O) groups excluding carboxylic acids is 2. The minimum absolute atomic E-state index is 0.0670. The van der Waals surface area contributed by atoms with E-state index in [0.717, 1.165) is 18.9 Å². The highest BCUT2D eigenvalue weighted by Crippen LogP contribution is 2.28. The highest BCUT2D eigenvalue weighted by molar-refractivity contribution is 5.75. The summed E-state index contributed by atoms with van der Waals surface area (Å²) in [5.74, 6) is 0.951. The van der Waals surface area contributed by atoms with Crippen molar-refractivity contribution >= 4 is 12.0 Å². The van der Waals surface area contributed by atoms with Gasteiger partial charge in [0.15, 0.2) is 0 Å². The summed E-state index contributed by atoms with van der Waals surface area (Å²) < 4.78 is 5.12. The Morgan fingerprint density at radius 2 is 1.68 bits per heavy atom. The predicted molar refractivity (Wildman–Crippen MR) is 87.7 cm³/mol. The maximum absolute atomic E-state index is 11.7. The van der Waals surface area contributed by atoms with Crippen LogP contribution in [-0.4, -0.2) is 30.7 Å². The zero-order valence-corrected chi connectivity index (χ0v) is 14.4. The maximum atomic E-state index is 11.7. The Morgan fingerprint density at radius 3 is 2.32 bits per heavy atom. The van der Waals surface area contributed by atoms with Crippen molar-refractivity contribution in [3.8, 4) is 0 Å². The zero-order chi connectivity index (χ0) is 16.4. The number of rotatable bonds is 8. The topological polar surface area (TPSA) is 67.4 Å². The Labute approximate surface area is 134 Å². The lowest BCUT2D eigenvalue weighted by atomic mass is 10.0. The van der Waals surface area contributed by atoms with Crippen molar-refractivity contribution in [2.75, 3.05) is 13.1 Å². The molecule has 22 heavy (non-hydrogen) atoms. The molecule has 0 bridgehead atoms. The Bertz CT molecular complexity index is 344. The molecule has 2 N–H and O–H groups in total. The molecule has 0 heterocycles. The van der Waals surface area contributed by atoms with Crippen LogP contribution >= 0.6 is 0 Å². The third-order valence-electron chi connectivity index (χ3n) is 3.83. The molecule has 1 rings (SSSR count). The first-order valence-corrected chi connectivity index (χ1v) is 8.60. The summed E-state index contributed by atoms with van der Waals surface area (Å²) in [4.78, 5) is 23.1. The van der Waals surface area contributed by atoms with Crippen molar-refractivity contribution in [1.82, 2.24) is 10.6 Å². The minimum Gasteiger partial charge on any atom is -0.444 e. The van der Waals surface area contributed by atoms with Gasteiger partial charge in [0.05, 0.1) is 0 Å². The molecule has 0 aromatic carbocycles. The number of hydrogen-bond acceptors (Lipinski definition) is 3. The van der Waals surface area contributed by atoms with Crippen LogP contribution in [0.25, 0.3) is 0 Å². The zero-order valence-electron chi connectivity index (χ0n) is 14.4. The van der Waals surface area contributed by atoms with Crippen molar-refractivity contribution in [2.45, 2.75) is 77.7 Å². The largest absolute Gasteiger partial charge is 0.444 e. The fourth-order valence-electron chi connectivity index (χ4n) is 2.76. The van der Waals surface area contributed by atoms with E-state index in [-0.39, 0.29) is 5.91 Å². The summed E-state index contributed by atoms with van der Waals surface area (Å²) in [6.07, 6.45) is 8.45. The number of ether oxygens (including phenoxy) is 1. The molecule has 5 heteroatoms. The molecular formula is C17H32N2O3. The Morgan fingerprint density at radius 1 is 1.05 bits per heavy atom. The van der Waals surface area contributed by atoms with Crippen LogP contribution in [0.15, 0.2) is 0 Å². The average molecular weight is 312 g/mol. The quantitative estimate of drug-likeness (QED) is 0.675. The molecule has 0 spiro atoms. The molecule has 0 aromatic heterocycles. The number of hydrogen-bond donors (Lipinski definition) is 2. The van der Waals surface area contributed by atoms with Gasteiger partial charge in [-0.05, 0) is 46.0 Å².